The number of likely N-dealkylation sites (tertiary alicyclic amines) is 1. The Morgan fingerprint density at radius 1 is 1.10 bits per heavy atom. The van der Waals surface area contributed by atoms with E-state index >= 15 is 0 Å². The van der Waals surface area contributed by atoms with Crippen molar-refractivity contribution in [3.63, 3.8) is 0 Å². The van der Waals surface area contributed by atoms with Gasteiger partial charge in [0.2, 0.25) is 0 Å². The lowest BCUT2D eigenvalue weighted by atomic mass is 9.73. The molecule has 1 fully saturated rings. The Morgan fingerprint density at radius 2 is 1.87 bits per heavy atom. The van der Waals surface area contributed by atoms with Crippen LogP contribution in [0.2, 0.25) is 0 Å². The third-order valence-corrected chi connectivity index (χ3v) is 6.29. The first-order chi connectivity index (χ1) is 14.6. The number of rotatable bonds is 7. The van der Waals surface area contributed by atoms with E-state index in [0.717, 1.165) is 54.6 Å². The smallest absolute Gasteiger partial charge is 0.123 e. The zero-order chi connectivity index (χ0) is 21.0. The maximum Gasteiger partial charge on any atom is 0.123 e. The van der Waals surface area contributed by atoms with Gasteiger partial charge in [-0.2, -0.15) is 0 Å². The fourth-order valence-electron chi connectivity index (χ4n) is 4.36. The van der Waals surface area contributed by atoms with Gasteiger partial charge in [0.25, 0.3) is 0 Å². The zero-order valence-electron chi connectivity index (χ0n) is 17.7. The molecule has 5 heteroatoms. The third-order valence-electron chi connectivity index (χ3n) is 6.29. The molecule has 0 amide bonds. The average Bonchev–Trinajstić information content (AvgIpc) is 2.78. The van der Waals surface area contributed by atoms with Crippen molar-refractivity contribution in [2.45, 2.75) is 24.7 Å². The van der Waals surface area contributed by atoms with Crippen molar-refractivity contribution < 1.29 is 13.9 Å². The minimum absolute atomic E-state index is 0.0606. The summed E-state index contributed by atoms with van der Waals surface area (Å²) in [6.45, 7) is 3.29. The molecule has 0 bridgehead atoms. The van der Waals surface area contributed by atoms with Gasteiger partial charge in [0.1, 0.15) is 11.6 Å². The molecule has 1 aliphatic rings. The van der Waals surface area contributed by atoms with Gasteiger partial charge in [-0.15, -0.1) is 0 Å². The van der Waals surface area contributed by atoms with Crippen LogP contribution in [-0.4, -0.2) is 50.3 Å². The van der Waals surface area contributed by atoms with Crippen molar-refractivity contribution in [2.75, 3.05) is 40.5 Å². The molecule has 1 aliphatic heterocycles. The largest absolute Gasteiger partial charge is 0.497 e. The number of pyridine rings is 1. The molecule has 4 nitrogen and oxygen atoms in total. The van der Waals surface area contributed by atoms with Gasteiger partial charge in [0.15, 0.2) is 0 Å². The Balaban J connectivity index is 1.47. The highest BCUT2D eigenvalue weighted by Crippen LogP contribution is 2.36. The Hall–Kier alpha value is -2.50. The predicted molar refractivity (Wildman–Crippen MR) is 118 cm³/mol. The molecule has 0 unspecified atom stereocenters. The van der Waals surface area contributed by atoms with Gasteiger partial charge >= 0.3 is 0 Å². The average molecular weight is 409 g/mol. The lowest BCUT2D eigenvalue weighted by Gasteiger charge is -2.41. The van der Waals surface area contributed by atoms with Crippen LogP contribution < -0.4 is 4.74 Å². The topological polar surface area (TPSA) is 34.6 Å². The number of benzene rings is 2. The van der Waals surface area contributed by atoms with Gasteiger partial charge in [-0.25, -0.2) is 4.39 Å². The highest BCUT2D eigenvalue weighted by molar-refractivity contribution is 5.83. The molecule has 2 heterocycles. The van der Waals surface area contributed by atoms with E-state index in [4.69, 9.17) is 9.47 Å². The molecule has 0 aliphatic carbocycles. The van der Waals surface area contributed by atoms with Crippen LogP contribution in [0, 0.1) is 5.82 Å². The first kappa shape index (κ1) is 20.8. The number of ether oxygens (including phenoxy) is 2. The van der Waals surface area contributed by atoms with Crippen molar-refractivity contribution in [1.29, 1.82) is 0 Å². The normalized spacial score (nSPS) is 16.6. The predicted octanol–water partition coefficient (Wildman–Crippen LogP) is 4.61. The number of hydrogen-bond acceptors (Lipinski definition) is 4. The van der Waals surface area contributed by atoms with Crippen LogP contribution in [-0.2, 0) is 16.6 Å². The van der Waals surface area contributed by atoms with E-state index < -0.39 is 0 Å². The van der Waals surface area contributed by atoms with Gasteiger partial charge in [-0.3, -0.25) is 4.98 Å². The molecular formula is C25H29FN2O2. The number of fused-ring (bicyclic) bond motifs is 1. The van der Waals surface area contributed by atoms with Crippen molar-refractivity contribution in [2.24, 2.45) is 0 Å². The second-order valence-corrected chi connectivity index (χ2v) is 8.25. The summed E-state index contributed by atoms with van der Waals surface area (Å²) < 4.78 is 25.2. The van der Waals surface area contributed by atoms with E-state index in [-0.39, 0.29) is 11.2 Å². The van der Waals surface area contributed by atoms with E-state index in [0.29, 0.717) is 13.2 Å². The molecule has 1 aromatic heterocycles. The second kappa shape index (κ2) is 9.11. The van der Waals surface area contributed by atoms with E-state index in [9.17, 15) is 4.39 Å². The molecule has 30 heavy (non-hydrogen) atoms. The van der Waals surface area contributed by atoms with Gasteiger partial charge in [0.05, 0.1) is 25.8 Å². The highest BCUT2D eigenvalue weighted by atomic mass is 19.1. The Kier molecular flexibility index (Phi) is 6.30. The van der Waals surface area contributed by atoms with Crippen LogP contribution in [0.5, 0.6) is 5.75 Å². The van der Waals surface area contributed by atoms with Crippen LogP contribution in [0.1, 0.15) is 24.0 Å². The summed E-state index contributed by atoms with van der Waals surface area (Å²) in [4.78, 5) is 6.89. The van der Waals surface area contributed by atoms with Gasteiger partial charge < -0.3 is 14.4 Å². The Morgan fingerprint density at radius 3 is 2.60 bits per heavy atom. The van der Waals surface area contributed by atoms with E-state index in [1.807, 2.05) is 36.5 Å². The molecule has 0 radical (unpaired) electrons. The summed E-state index contributed by atoms with van der Waals surface area (Å²) in [7, 11) is 3.83. The lowest BCUT2D eigenvalue weighted by Crippen LogP contribution is -2.44. The molecule has 1 saturated heterocycles. The van der Waals surface area contributed by atoms with Crippen molar-refractivity contribution in [3.8, 4) is 5.75 Å². The van der Waals surface area contributed by atoms with Crippen LogP contribution >= 0.6 is 0 Å². The fourth-order valence-corrected chi connectivity index (χ4v) is 4.36. The highest BCUT2D eigenvalue weighted by Gasteiger charge is 2.35. The van der Waals surface area contributed by atoms with E-state index in [1.165, 1.54) is 5.56 Å². The Bertz CT molecular complexity index is 982. The zero-order valence-corrected chi connectivity index (χ0v) is 17.7. The van der Waals surface area contributed by atoms with Crippen molar-refractivity contribution in [3.05, 3.63) is 71.7 Å². The molecule has 4 rings (SSSR count). The summed E-state index contributed by atoms with van der Waals surface area (Å²) in [5.41, 5.74) is 3.23. The maximum absolute atomic E-state index is 13.5. The molecular weight excluding hydrogens is 379 g/mol. The summed E-state index contributed by atoms with van der Waals surface area (Å²) in [5, 5.41) is 1.07. The Labute approximate surface area is 177 Å². The number of nitrogens with zero attached hydrogens (tertiary/aromatic N) is 2. The van der Waals surface area contributed by atoms with Crippen LogP contribution in [0.4, 0.5) is 4.39 Å². The molecule has 2 aromatic carbocycles. The summed E-state index contributed by atoms with van der Waals surface area (Å²) in [6, 6.07) is 15.0. The van der Waals surface area contributed by atoms with Crippen LogP contribution in [0.15, 0.2) is 54.7 Å². The standard InChI is InChI=1S/C25H29FN2O2/c1-28-13-10-25(11-14-28,21-5-7-22(26)8-6-21)18-30-15-9-20-17-23(29-2)16-19-4-3-12-27-24(19)20/h3-8,12,16-17H,9-11,13-15,18H2,1-2H3. The molecule has 0 atom stereocenters. The number of hydrogen-bond donors (Lipinski definition) is 0. The van der Waals surface area contributed by atoms with E-state index in [1.54, 1.807) is 19.2 Å². The van der Waals surface area contributed by atoms with Gasteiger partial charge in [0, 0.05) is 17.0 Å². The van der Waals surface area contributed by atoms with Crippen LogP contribution in [0.25, 0.3) is 10.9 Å². The maximum atomic E-state index is 13.5. The number of methoxy groups -OCH3 is 1. The number of aromatic nitrogens is 1. The van der Waals surface area contributed by atoms with Crippen LogP contribution in [0.3, 0.4) is 0 Å². The van der Waals surface area contributed by atoms with Gasteiger partial charge in [-0.05, 0) is 80.9 Å². The number of halogens is 1. The molecule has 0 N–H and O–H groups in total. The van der Waals surface area contributed by atoms with Gasteiger partial charge in [-0.1, -0.05) is 18.2 Å². The van der Waals surface area contributed by atoms with Crippen molar-refractivity contribution >= 4 is 10.9 Å². The third kappa shape index (κ3) is 4.47. The lowest BCUT2D eigenvalue weighted by molar-refractivity contribution is 0.0513. The number of piperidine rings is 1. The fraction of sp³-hybridized carbons (Fsp3) is 0.400. The molecule has 0 saturated carbocycles. The van der Waals surface area contributed by atoms with E-state index in [2.05, 4.69) is 23.0 Å². The summed E-state index contributed by atoms with van der Waals surface area (Å²) >= 11 is 0. The minimum atomic E-state index is -0.194. The molecule has 3 aromatic rings. The first-order valence-corrected chi connectivity index (χ1v) is 10.5. The first-order valence-electron chi connectivity index (χ1n) is 10.5. The monoisotopic (exact) mass is 408 g/mol. The summed E-state index contributed by atoms with van der Waals surface area (Å²) in [5.74, 6) is 0.642. The molecule has 158 valence electrons. The van der Waals surface area contributed by atoms with Crippen molar-refractivity contribution in [1.82, 2.24) is 9.88 Å². The SMILES string of the molecule is COc1cc(CCOCC2(c3ccc(F)cc3)CCN(C)CC2)c2ncccc2c1. The quantitative estimate of drug-likeness (QED) is 0.535. The minimum Gasteiger partial charge on any atom is -0.497 e. The second-order valence-electron chi connectivity index (χ2n) is 8.25. The molecule has 0 spiro atoms. The summed E-state index contributed by atoms with van der Waals surface area (Å²) in [6.07, 6.45) is 4.61.